The van der Waals surface area contributed by atoms with Gasteiger partial charge in [-0.2, -0.15) is 4.31 Å². The molecule has 0 spiro atoms. The molecule has 8 heteroatoms. The molecule has 1 fully saturated rings. The molecule has 1 aromatic carbocycles. The summed E-state index contributed by atoms with van der Waals surface area (Å²) in [5.41, 5.74) is 1.05. The van der Waals surface area contributed by atoms with Gasteiger partial charge in [-0.15, -0.1) is 11.3 Å². The van der Waals surface area contributed by atoms with Crippen LogP contribution in [0.5, 0.6) is 0 Å². The summed E-state index contributed by atoms with van der Waals surface area (Å²) >= 11 is 1.65. The Morgan fingerprint density at radius 1 is 1.35 bits per heavy atom. The number of H-pyrrole nitrogens is 1. The van der Waals surface area contributed by atoms with E-state index in [9.17, 15) is 8.42 Å². The zero-order valence-corrected chi connectivity index (χ0v) is 13.8. The molecule has 1 atom stereocenters. The molecule has 2 aromatic heterocycles. The largest absolute Gasteiger partial charge is 0.371 e. The van der Waals surface area contributed by atoms with Gasteiger partial charge in [0, 0.05) is 23.4 Å². The van der Waals surface area contributed by atoms with Gasteiger partial charge in [0.2, 0.25) is 0 Å². The SMILES string of the molecule is O=S(=O)(c1cnc[nH]1)N1CCO[C@H](c2csc3ccccc23)C1. The van der Waals surface area contributed by atoms with Crippen molar-refractivity contribution in [3.63, 3.8) is 0 Å². The van der Waals surface area contributed by atoms with Crippen LogP contribution in [0, 0.1) is 0 Å². The smallest absolute Gasteiger partial charge is 0.260 e. The zero-order chi connectivity index (χ0) is 15.9. The van der Waals surface area contributed by atoms with Crippen LogP contribution >= 0.6 is 11.3 Å². The van der Waals surface area contributed by atoms with E-state index in [0.29, 0.717) is 19.7 Å². The number of rotatable bonds is 3. The van der Waals surface area contributed by atoms with E-state index < -0.39 is 10.0 Å². The van der Waals surface area contributed by atoms with E-state index in [-0.39, 0.29) is 11.1 Å². The predicted octanol–water partition coefficient (Wildman–Crippen LogP) is 2.39. The van der Waals surface area contributed by atoms with E-state index in [1.165, 1.54) is 21.5 Å². The van der Waals surface area contributed by atoms with Gasteiger partial charge in [0.25, 0.3) is 10.0 Å². The molecule has 1 N–H and O–H groups in total. The first-order valence-corrected chi connectivity index (χ1v) is 9.54. The van der Waals surface area contributed by atoms with Crippen LogP contribution < -0.4 is 0 Å². The van der Waals surface area contributed by atoms with Crippen molar-refractivity contribution in [2.45, 2.75) is 11.1 Å². The molecule has 3 aromatic rings. The Labute approximate surface area is 137 Å². The van der Waals surface area contributed by atoms with Crippen LogP contribution in [0.15, 0.2) is 47.2 Å². The number of sulfonamides is 1. The Morgan fingerprint density at radius 3 is 3.04 bits per heavy atom. The topological polar surface area (TPSA) is 75.3 Å². The maximum atomic E-state index is 12.6. The lowest BCUT2D eigenvalue weighted by Crippen LogP contribution is -2.42. The van der Waals surface area contributed by atoms with Crippen molar-refractivity contribution >= 4 is 31.4 Å². The van der Waals surface area contributed by atoms with Crippen molar-refractivity contribution in [2.75, 3.05) is 19.7 Å². The lowest BCUT2D eigenvalue weighted by Gasteiger charge is -2.31. The van der Waals surface area contributed by atoms with Gasteiger partial charge >= 0.3 is 0 Å². The summed E-state index contributed by atoms with van der Waals surface area (Å²) in [6, 6.07) is 8.10. The molecular weight excluding hydrogens is 334 g/mol. The molecule has 0 radical (unpaired) electrons. The Balaban J connectivity index is 1.65. The number of aromatic amines is 1. The average molecular weight is 349 g/mol. The number of hydrogen-bond acceptors (Lipinski definition) is 5. The van der Waals surface area contributed by atoms with E-state index in [1.54, 1.807) is 11.3 Å². The number of benzene rings is 1. The quantitative estimate of drug-likeness (QED) is 0.788. The highest BCUT2D eigenvalue weighted by molar-refractivity contribution is 7.89. The van der Waals surface area contributed by atoms with Crippen LogP contribution in [0.25, 0.3) is 10.1 Å². The second-order valence-corrected chi connectivity index (χ2v) is 8.14. The molecule has 1 aliphatic heterocycles. The molecule has 0 bridgehead atoms. The number of hydrogen-bond donors (Lipinski definition) is 1. The first kappa shape index (κ1) is 14.8. The molecule has 0 amide bonds. The van der Waals surface area contributed by atoms with Crippen molar-refractivity contribution in [3.05, 3.63) is 47.7 Å². The van der Waals surface area contributed by atoms with Crippen molar-refractivity contribution in [2.24, 2.45) is 0 Å². The highest BCUT2D eigenvalue weighted by atomic mass is 32.2. The van der Waals surface area contributed by atoms with E-state index in [1.807, 2.05) is 18.2 Å². The Bertz CT molecular complexity index is 919. The number of ether oxygens (including phenoxy) is 1. The van der Waals surface area contributed by atoms with E-state index >= 15 is 0 Å². The van der Waals surface area contributed by atoms with Gasteiger partial charge in [-0.25, -0.2) is 13.4 Å². The van der Waals surface area contributed by atoms with Crippen molar-refractivity contribution in [1.29, 1.82) is 0 Å². The highest BCUT2D eigenvalue weighted by Gasteiger charge is 2.33. The summed E-state index contributed by atoms with van der Waals surface area (Å²) < 4.78 is 33.7. The molecule has 3 heterocycles. The maximum absolute atomic E-state index is 12.6. The third-order valence-corrected chi connectivity index (χ3v) is 6.75. The fourth-order valence-electron chi connectivity index (χ4n) is 2.80. The van der Waals surface area contributed by atoms with Crippen LogP contribution in [0.1, 0.15) is 11.7 Å². The normalized spacial score (nSPS) is 20.1. The number of thiophene rings is 1. The number of nitrogens with zero attached hydrogens (tertiary/aromatic N) is 2. The fourth-order valence-corrected chi connectivity index (χ4v) is 5.13. The molecular formula is C15H15N3O3S2. The molecule has 1 saturated heterocycles. The van der Waals surface area contributed by atoms with Gasteiger partial charge < -0.3 is 9.72 Å². The van der Waals surface area contributed by atoms with Gasteiger partial charge in [-0.05, 0) is 16.8 Å². The maximum Gasteiger partial charge on any atom is 0.260 e. The van der Waals surface area contributed by atoms with Crippen LogP contribution in [0.4, 0.5) is 0 Å². The molecule has 0 saturated carbocycles. The second-order valence-electron chi connectivity index (χ2n) is 5.33. The summed E-state index contributed by atoms with van der Waals surface area (Å²) in [7, 11) is -3.56. The van der Waals surface area contributed by atoms with Crippen LogP contribution in [-0.2, 0) is 14.8 Å². The molecule has 0 aliphatic carbocycles. The predicted molar refractivity (Wildman–Crippen MR) is 87.9 cm³/mol. The summed E-state index contributed by atoms with van der Waals surface area (Å²) in [6.45, 7) is 1.03. The summed E-state index contributed by atoms with van der Waals surface area (Å²) in [5.74, 6) is 0. The molecule has 120 valence electrons. The first-order valence-electron chi connectivity index (χ1n) is 7.22. The van der Waals surface area contributed by atoms with Gasteiger partial charge in [-0.1, -0.05) is 18.2 Å². The molecule has 4 rings (SSSR count). The molecule has 23 heavy (non-hydrogen) atoms. The van der Waals surface area contributed by atoms with Crippen molar-refractivity contribution in [3.8, 4) is 0 Å². The minimum Gasteiger partial charge on any atom is -0.371 e. The zero-order valence-electron chi connectivity index (χ0n) is 12.2. The molecule has 1 aliphatic rings. The Hall–Kier alpha value is -1.74. The molecule has 0 unspecified atom stereocenters. The van der Waals surface area contributed by atoms with Gasteiger partial charge in [0.05, 0.1) is 25.2 Å². The number of imidazole rings is 1. The summed E-state index contributed by atoms with van der Waals surface area (Å²) in [5, 5.41) is 3.30. The molecule has 6 nitrogen and oxygen atoms in total. The lowest BCUT2D eigenvalue weighted by atomic mass is 10.1. The van der Waals surface area contributed by atoms with Crippen LogP contribution in [0.2, 0.25) is 0 Å². The van der Waals surface area contributed by atoms with Crippen molar-refractivity contribution < 1.29 is 13.2 Å². The lowest BCUT2D eigenvalue weighted by molar-refractivity contribution is -0.00160. The highest BCUT2D eigenvalue weighted by Crippen LogP contribution is 2.34. The Kier molecular flexibility index (Phi) is 3.68. The van der Waals surface area contributed by atoms with E-state index in [2.05, 4.69) is 21.4 Å². The average Bonchev–Trinajstić information content (AvgIpc) is 3.25. The first-order chi connectivity index (χ1) is 11.2. The van der Waals surface area contributed by atoms with Crippen LogP contribution in [0.3, 0.4) is 0 Å². The van der Waals surface area contributed by atoms with E-state index in [4.69, 9.17) is 4.74 Å². The standard InChI is InChI=1S/C15H15N3O3S2/c19-23(20,15-7-16-10-17-15)18-5-6-21-13(8-18)12-9-22-14-4-2-1-3-11(12)14/h1-4,7,9-10,13H,5-6,8H2,(H,16,17)/t13-/m0/s1. The van der Waals surface area contributed by atoms with Gasteiger partial charge in [-0.3, -0.25) is 0 Å². The van der Waals surface area contributed by atoms with E-state index in [0.717, 1.165) is 10.9 Å². The fraction of sp³-hybridized carbons (Fsp3) is 0.267. The summed E-state index contributed by atoms with van der Waals surface area (Å²) in [4.78, 5) is 6.48. The third kappa shape index (κ3) is 2.57. The number of morpholine rings is 1. The monoisotopic (exact) mass is 349 g/mol. The number of nitrogens with one attached hydrogen (secondary N) is 1. The second kappa shape index (κ2) is 5.72. The minimum absolute atomic E-state index is 0.119. The van der Waals surface area contributed by atoms with Crippen LogP contribution in [-0.4, -0.2) is 42.4 Å². The van der Waals surface area contributed by atoms with Gasteiger partial charge in [0.1, 0.15) is 0 Å². The number of fused-ring (bicyclic) bond motifs is 1. The van der Waals surface area contributed by atoms with Gasteiger partial charge in [0.15, 0.2) is 5.03 Å². The third-order valence-electron chi connectivity index (χ3n) is 3.98. The van der Waals surface area contributed by atoms with Crippen molar-refractivity contribution in [1.82, 2.24) is 14.3 Å². The number of aromatic nitrogens is 2. The Morgan fingerprint density at radius 2 is 2.22 bits per heavy atom. The minimum atomic E-state index is -3.56. The summed E-state index contributed by atoms with van der Waals surface area (Å²) in [6.07, 6.45) is 2.45.